The van der Waals surface area contributed by atoms with Gasteiger partial charge in [-0.1, -0.05) is 65.2 Å². The van der Waals surface area contributed by atoms with Crippen LogP contribution in [0.4, 0.5) is 0 Å². The maximum absolute atomic E-state index is 4.50. The molecule has 0 aromatic carbocycles. The molecular weight excluding hydrogens is 232 g/mol. The summed E-state index contributed by atoms with van der Waals surface area (Å²) in [6.07, 6.45) is 17.3. The van der Waals surface area contributed by atoms with Crippen molar-refractivity contribution in [1.82, 2.24) is 9.78 Å². The molecule has 19 heavy (non-hydrogen) atoms. The van der Waals surface area contributed by atoms with Crippen LogP contribution >= 0.6 is 0 Å². The Bertz CT molecular complexity index is 291. The molecule has 0 N–H and O–H groups in total. The molecule has 0 unspecified atom stereocenters. The van der Waals surface area contributed by atoms with Crippen molar-refractivity contribution in [2.45, 2.75) is 90.5 Å². The van der Waals surface area contributed by atoms with Crippen LogP contribution in [-0.2, 0) is 5.54 Å². The van der Waals surface area contributed by atoms with Crippen LogP contribution in [0, 0.1) is 0 Å². The molecule has 0 aliphatic carbocycles. The Morgan fingerprint density at radius 2 is 1.47 bits per heavy atom. The van der Waals surface area contributed by atoms with Gasteiger partial charge >= 0.3 is 0 Å². The number of unbranched alkanes of at least 4 members (excludes halogenated alkanes) is 6. The van der Waals surface area contributed by atoms with E-state index in [4.69, 9.17) is 0 Å². The van der Waals surface area contributed by atoms with E-state index in [1.165, 1.54) is 64.2 Å². The Hall–Kier alpha value is -0.790. The first-order chi connectivity index (χ1) is 9.23. The average molecular weight is 264 g/mol. The summed E-state index contributed by atoms with van der Waals surface area (Å²) in [4.78, 5) is 0. The highest BCUT2D eigenvalue weighted by Crippen LogP contribution is 2.29. The highest BCUT2D eigenvalue weighted by molar-refractivity contribution is 4.88. The lowest BCUT2D eigenvalue weighted by Gasteiger charge is -2.30. The smallest absolute Gasteiger partial charge is 0.0599 e. The van der Waals surface area contributed by atoms with Crippen LogP contribution in [0.3, 0.4) is 0 Å². The fourth-order valence-electron chi connectivity index (χ4n) is 2.81. The highest BCUT2D eigenvalue weighted by atomic mass is 15.3. The minimum atomic E-state index is 0.227. The van der Waals surface area contributed by atoms with E-state index in [0.29, 0.717) is 0 Å². The Morgan fingerprint density at radius 3 is 1.89 bits per heavy atom. The quantitative estimate of drug-likeness (QED) is 0.480. The Morgan fingerprint density at radius 1 is 0.895 bits per heavy atom. The SMILES string of the molecule is CCCCCCC(C)(CCCCCC)n1cccn1. The van der Waals surface area contributed by atoms with Crippen LogP contribution in [-0.4, -0.2) is 9.78 Å². The van der Waals surface area contributed by atoms with Gasteiger partial charge in [-0.25, -0.2) is 0 Å². The van der Waals surface area contributed by atoms with Gasteiger partial charge in [0.05, 0.1) is 5.54 Å². The van der Waals surface area contributed by atoms with Gasteiger partial charge in [0.2, 0.25) is 0 Å². The summed E-state index contributed by atoms with van der Waals surface area (Å²) >= 11 is 0. The van der Waals surface area contributed by atoms with Crippen molar-refractivity contribution in [3.8, 4) is 0 Å². The molecule has 2 heteroatoms. The number of hydrogen-bond donors (Lipinski definition) is 0. The molecule has 0 aliphatic rings. The number of aromatic nitrogens is 2. The number of nitrogens with zero attached hydrogens (tertiary/aromatic N) is 2. The molecule has 1 rings (SSSR count). The summed E-state index contributed by atoms with van der Waals surface area (Å²) in [5, 5.41) is 4.50. The van der Waals surface area contributed by atoms with Gasteiger partial charge in [0, 0.05) is 12.4 Å². The first kappa shape index (κ1) is 16.3. The van der Waals surface area contributed by atoms with Crippen LogP contribution in [0.25, 0.3) is 0 Å². The summed E-state index contributed by atoms with van der Waals surface area (Å²) in [5.41, 5.74) is 0.227. The van der Waals surface area contributed by atoms with Crippen molar-refractivity contribution < 1.29 is 0 Å². The van der Waals surface area contributed by atoms with E-state index in [9.17, 15) is 0 Å². The van der Waals surface area contributed by atoms with Crippen LogP contribution in [0.2, 0.25) is 0 Å². The Balaban J connectivity index is 2.47. The molecule has 0 radical (unpaired) electrons. The Kier molecular flexibility index (Phi) is 7.85. The third-order valence-electron chi connectivity index (χ3n) is 4.20. The predicted octanol–water partition coefficient (Wildman–Crippen LogP) is 5.54. The zero-order chi connectivity index (χ0) is 14.0. The maximum Gasteiger partial charge on any atom is 0.0599 e. The molecular formula is C17H32N2. The van der Waals surface area contributed by atoms with Crippen LogP contribution < -0.4 is 0 Å². The summed E-state index contributed by atoms with van der Waals surface area (Å²) in [6, 6.07) is 2.05. The standard InChI is InChI=1S/C17H32N2/c1-4-6-8-10-13-17(3,14-11-9-7-5-2)19-16-12-15-18-19/h12,15-16H,4-11,13-14H2,1-3H3. The molecule has 0 saturated carbocycles. The molecule has 1 heterocycles. The van der Waals surface area contributed by atoms with E-state index in [1.54, 1.807) is 0 Å². The lowest BCUT2D eigenvalue weighted by atomic mass is 9.88. The van der Waals surface area contributed by atoms with Gasteiger partial charge in [-0.2, -0.15) is 5.10 Å². The second-order valence-electron chi connectivity index (χ2n) is 6.07. The van der Waals surface area contributed by atoms with E-state index in [1.807, 2.05) is 6.20 Å². The van der Waals surface area contributed by atoms with Crippen LogP contribution in [0.5, 0.6) is 0 Å². The van der Waals surface area contributed by atoms with Crippen LogP contribution in [0.1, 0.15) is 85.0 Å². The second-order valence-corrected chi connectivity index (χ2v) is 6.07. The second kappa shape index (κ2) is 9.17. The first-order valence-electron chi connectivity index (χ1n) is 8.23. The number of hydrogen-bond acceptors (Lipinski definition) is 1. The van der Waals surface area contributed by atoms with Crippen molar-refractivity contribution in [3.05, 3.63) is 18.5 Å². The van der Waals surface area contributed by atoms with Crippen molar-refractivity contribution >= 4 is 0 Å². The Labute approximate surface area is 119 Å². The largest absolute Gasteiger partial charge is 0.267 e. The fraction of sp³-hybridized carbons (Fsp3) is 0.824. The average Bonchev–Trinajstić information content (AvgIpc) is 2.95. The van der Waals surface area contributed by atoms with Gasteiger partial charge in [-0.15, -0.1) is 0 Å². The molecule has 1 aromatic heterocycles. The predicted molar refractivity (Wildman–Crippen MR) is 83.4 cm³/mol. The molecule has 0 amide bonds. The minimum absolute atomic E-state index is 0.227. The maximum atomic E-state index is 4.50. The molecule has 0 aliphatic heterocycles. The lowest BCUT2D eigenvalue weighted by molar-refractivity contribution is 0.227. The topological polar surface area (TPSA) is 17.8 Å². The van der Waals surface area contributed by atoms with Gasteiger partial charge in [0.25, 0.3) is 0 Å². The highest BCUT2D eigenvalue weighted by Gasteiger charge is 2.25. The third-order valence-corrected chi connectivity index (χ3v) is 4.20. The van der Waals surface area contributed by atoms with Gasteiger partial charge in [0.15, 0.2) is 0 Å². The molecule has 0 saturated heterocycles. The van der Waals surface area contributed by atoms with Crippen molar-refractivity contribution in [3.63, 3.8) is 0 Å². The normalized spacial score (nSPS) is 11.9. The van der Waals surface area contributed by atoms with E-state index >= 15 is 0 Å². The summed E-state index contributed by atoms with van der Waals surface area (Å²) in [7, 11) is 0. The summed E-state index contributed by atoms with van der Waals surface area (Å²) in [6.45, 7) is 6.94. The zero-order valence-corrected chi connectivity index (χ0v) is 13.2. The van der Waals surface area contributed by atoms with E-state index in [0.717, 1.165) is 0 Å². The van der Waals surface area contributed by atoms with Crippen molar-refractivity contribution in [1.29, 1.82) is 0 Å². The molecule has 0 fully saturated rings. The third kappa shape index (κ3) is 5.80. The van der Waals surface area contributed by atoms with Crippen molar-refractivity contribution in [2.75, 3.05) is 0 Å². The molecule has 0 bridgehead atoms. The molecule has 1 aromatic rings. The minimum Gasteiger partial charge on any atom is -0.267 e. The van der Waals surface area contributed by atoms with E-state index in [2.05, 4.69) is 42.8 Å². The summed E-state index contributed by atoms with van der Waals surface area (Å²) in [5.74, 6) is 0. The van der Waals surface area contributed by atoms with Gasteiger partial charge in [-0.3, -0.25) is 4.68 Å². The van der Waals surface area contributed by atoms with Crippen LogP contribution in [0.15, 0.2) is 18.5 Å². The first-order valence-corrected chi connectivity index (χ1v) is 8.23. The molecule has 2 nitrogen and oxygen atoms in total. The van der Waals surface area contributed by atoms with Gasteiger partial charge in [0.1, 0.15) is 0 Å². The number of rotatable bonds is 11. The van der Waals surface area contributed by atoms with Crippen molar-refractivity contribution in [2.24, 2.45) is 0 Å². The molecule has 0 atom stereocenters. The lowest BCUT2D eigenvalue weighted by Crippen LogP contribution is -2.30. The van der Waals surface area contributed by atoms with Gasteiger partial charge < -0.3 is 0 Å². The molecule has 110 valence electrons. The van der Waals surface area contributed by atoms with E-state index < -0.39 is 0 Å². The van der Waals surface area contributed by atoms with Gasteiger partial charge in [-0.05, 0) is 25.8 Å². The molecule has 0 spiro atoms. The summed E-state index contributed by atoms with van der Waals surface area (Å²) < 4.78 is 2.20. The van der Waals surface area contributed by atoms with E-state index in [-0.39, 0.29) is 5.54 Å². The zero-order valence-electron chi connectivity index (χ0n) is 13.2. The fourth-order valence-corrected chi connectivity index (χ4v) is 2.81. The monoisotopic (exact) mass is 264 g/mol.